The summed E-state index contributed by atoms with van der Waals surface area (Å²) in [5.41, 5.74) is 2.28. The quantitative estimate of drug-likeness (QED) is 0.175. The molecule has 202 valence electrons. The molecule has 0 radical (unpaired) electrons. The Kier molecular flexibility index (Phi) is 8.36. The number of imidazole rings is 1. The number of ether oxygens (including phenoxy) is 2. The van der Waals surface area contributed by atoms with Gasteiger partial charge >= 0.3 is 0 Å². The zero-order valence-electron chi connectivity index (χ0n) is 22.7. The highest BCUT2D eigenvalue weighted by atomic mass is 16.5. The maximum Gasteiger partial charge on any atom is 0.295 e. The van der Waals surface area contributed by atoms with E-state index in [9.17, 15) is 14.7 Å². The van der Waals surface area contributed by atoms with Crippen molar-refractivity contribution in [2.75, 3.05) is 40.9 Å². The molecule has 1 aromatic carbocycles. The molecular formula is C29H36N4O5. The Morgan fingerprint density at radius 3 is 2.63 bits per heavy atom. The number of aromatic nitrogens is 2. The number of likely N-dealkylation sites (tertiary alicyclic amines) is 1. The van der Waals surface area contributed by atoms with Crippen molar-refractivity contribution in [1.82, 2.24) is 19.2 Å². The third kappa shape index (κ3) is 5.24. The van der Waals surface area contributed by atoms with Crippen LogP contribution >= 0.6 is 0 Å². The van der Waals surface area contributed by atoms with Crippen LogP contribution in [0.4, 0.5) is 0 Å². The largest absolute Gasteiger partial charge is 0.505 e. The molecule has 1 atom stereocenters. The Bertz CT molecular complexity index is 1360. The monoisotopic (exact) mass is 520 g/mol. The summed E-state index contributed by atoms with van der Waals surface area (Å²) in [4.78, 5) is 34.9. The highest BCUT2D eigenvalue weighted by Crippen LogP contribution is 2.42. The number of pyridine rings is 1. The fraction of sp³-hybridized carbons (Fsp3) is 0.414. The Hall–Kier alpha value is -3.85. The number of rotatable bonds is 11. The summed E-state index contributed by atoms with van der Waals surface area (Å²) in [5, 5.41) is 11.6. The zero-order chi connectivity index (χ0) is 27.4. The molecule has 3 aromatic rings. The summed E-state index contributed by atoms with van der Waals surface area (Å²) in [7, 11) is 5.48. The van der Waals surface area contributed by atoms with E-state index in [0.717, 1.165) is 19.4 Å². The van der Waals surface area contributed by atoms with Gasteiger partial charge in [0.05, 0.1) is 31.0 Å². The van der Waals surface area contributed by atoms with Crippen molar-refractivity contribution in [3.8, 4) is 11.5 Å². The van der Waals surface area contributed by atoms with Crippen LogP contribution in [0.1, 0.15) is 49.2 Å². The number of aliphatic hydroxyl groups is 1. The van der Waals surface area contributed by atoms with Crippen molar-refractivity contribution >= 4 is 23.1 Å². The number of amides is 1. The smallest absolute Gasteiger partial charge is 0.295 e. The highest BCUT2D eigenvalue weighted by Gasteiger charge is 2.46. The van der Waals surface area contributed by atoms with Gasteiger partial charge in [0.1, 0.15) is 11.3 Å². The van der Waals surface area contributed by atoms with Crippen molar-refractivity contribution in [3.05, 3.63) is 65.1 Å². The normalized spacial score (nSPS) is 17.1. The van der Waals surface area contributed by atoms with Crippen LogP contribution in [-0.2, 0) is 9.59 Å². The Morgan fingerprint density at radius 1 is 1.13 bits per heavy atom. The van der Waals surface area contributed by atoms with Crippen LogP contribution in [0.2, 0.25) is 0 Å². The maximum absolute atomic E-state index is 13.5. The molecule has 0 saturated carbocycles. The van der Waals surface area contributed by atoms with Gasteiger partial charge in [-0.2, -0.15) is 0 Å². The van der Waals surface area contributed by atoms with Crippen LogP contribution in [0.15, 0.2) is 48.2 Å². The van der Waals surface area contributed by atoms with E-state index in [1.54, 1.807) is 41.7 Å². The van der Waals surface area contributed by atoms with Crippen LogP contribution in [0.5, 0.6) is 11.5 Å². The first kappa shape index (κ1) is 27.2. The number of methoxy groups -OCH3 is 1. The molecule has 9 heteroatoms. The van der Waals surface area contributed by atoms with Gasteiger partial charge in [0, 0.05) is 12.7 Å². The molecule has 1 saturated heterocycles. The van der Waals surface area contributed by atoms with E-state index in [4.69, 9.17) is 9.47 Å². The molecule has 0 aliphatic carbocycles. The third-order valence-corrected chi connectivity index (χ3v) is 6.73. The lowest BCUT2D eigenvalue weighted by Crippen LogP contribution is -2.32. The van der Waals surface area contributed by atoms with Gasteiger partial charge in [-0.05, 0) is 70.2 Å². The van der Waals surface area contributed by atoms with Gasteiger partial charge < -0.3 is 24.4 Å². The molecule has 1 N–H and O–H groups in total. The number of nitrogens with zero attached hydrogens (tertiary/aromatic N) is 4. The van der Waals surface area contributed by atoms with E-state index in [0.29, 0.717) is 53.7 Å². The van der Waals surface area contributed by atoms with Gasteiger partial charge in [0.2, 0.25) is 0 Å². The number of aliphatic hydroxyl groups excluding tert-OH is 1. The standard InChI is InChI=1S/C29H36N4O5/c1-6-7-17-38-21-13-12-20(18-22(21)37-5)26-24(28(35)29(36)33(26)16-10-14-31(3)4)27(34)25-19(2)30-23-11-8-9-15-32(23)25/h8-9,11-13,15,18,26,34H,6-7,10,14,16-17H2,1-5H3/b27-24+. The summed E-state index contributed by atoms with van der Waals surface area (Å²) >= 11 is 0. The number of carbonyl (C=O) groups excluding carboxylic acids is 2. The lowest BCUT2D eigenvalue weighted by molar-refractivity contribution is -0.139. The first-order chi connectivity index (χ1) is 18.3. The Balaban J connectivity index is 1.85. The molecule has 1 amide bonds. The first-order valence-corrected chi connectivity index (χ1v) is 13.0. The van der Waals surface area contributed by atoms with Crippen molar-refractivity contribution < 1.29 is 24.2 Å². The predicted octanol–water partition coefficient (Wildman–Crippen LogP) is 4.20. The molecule has 1 aliphatic rings. The average molecular weight is 521 g/mol. The molecular weight excluding hydrogens is 484 g/mol. The summed E-state index contributed by atoms with van der Waals surface area (Å²) in [5.74, 6) is -0.508. The topological polar surface area (TPSA) is 96.6 Å². The number of benzene rings is 1. The number of unbranched alkanes of at least 4 members (excludes halogenated alkanes) is 1. The number of hydrogen-bond acceptors (Lipinski definition) is 7. The summed E-state index contributed by atoms with van der Waals surface area (Å²) < 4.78 is 13.2. The molecule has 9 nitrogen and oxygen atoms in total. The van der Waals surface area contributed by atoms with E-state index in [-0.39, 0.29) is 11.3 Å². The Morgan fingerprint density at radius 2 is 1.92 bits per heavy atom. The molecule has 1 aliphatic heterocycles. The highest BCUT2D eigenvalue weighted by molar-refractivity contribution is 6.46. The average Bonchev–Trinajstić information content (AvgIpc) is 3.36. The van der Waals surface area contributed by atoms with Gasteiger partial charge in [-0.3, -0.25) is 14.0 Å². The second-order valence-electron chi connectivity index (χ2n) is 9.74. The van der Waals surface area contributed by atoms with Gasteiger partial charge in [-0.1, -0.05) is 25.5 Å². The van der Waals surface area contributed by atoms with Crippen LogP contribution in [0.3, 0.4) is 0 Å². The summed E-state index contributed by atoms with van der Waals surface area (Å²) in [6.45, 7) is 5.52. The van der Waals surface area contributed by atoms with Crippen molar-refractivity contribution in [2.45, 2.75) is 39.2 Å². The number of Topliss-reactive ketones (excluding diaryl/α,β-unsaturated/α-hetero) is 1. The third-order valence-electron chi connectivity index (χ3n) is 6.73. The van der Waals surface area contributed by atoms with E-state index >= 15 is 0 Å². The predicted molar refractivity (Wildman–Crippen MR) is 146 cm³/mol. The molecule has 0 bridgehead atoms. The molecule has 0 spiro atoms. The molecule has 2 aromatic heterocycles. The van der Waals surface area contributed by atoms with Crippen molar-refractivity contribution in [3.63, 3.8) is 0 Å². The van der Waals surface area contributed by atoms with Gasteiger partial charge in [0.25, 0.3) is 11.7 Å². The van der Waals surface area contributed by atoms with Crippen molar-refractivity contribution in [2.24, 2.45) is 0 Å². The number of carbonyl (C=O) groups is 2. The zero-order valence-corrected chi connectivity index (χ0v) is 22.7. The fourth-order valence-electron chi connectivity index (χ4n) is 4.84. The molecule has 3 heterocycles. The van der Waals surface area contributed by atoms with Gasteiger partial charge in [0.15, 0.2) is 17.3 Å². The number of fused-ring (bicyclic) bond motifs is 1. The Labute approximate surface area is 223 Å². The molecule has 38 heavy (non-hydrogen) atoms. The molecule has 4 rings (SSSR count). The van der Waals surface area contributed by atoms with Crippen molar-refractivity contribution in [1.29, 1.82) is 0 Å². The summed E-state index contributed by atoms with van der Waals surface area (Å²) in [6, 6.07) is 10.1. The lowest BCUT2D eigenvalue weighted by Gasteiger charge is -2.26. The number of ketones is 1. The second kappa shape index (κ2) is 11.7. The van der Waals surface area contributed by atoms with Crippen LogP contribution in [0, 0.1) is 6.92 Å². The maximum atomic E-state index is 13.5. The van der Waals surface area contributed by atoms with E-state index in [2.05, 4.69) is 11.9 Å². The first-order valence-electron chi connectivity index (χ1n) is 13.0. The number of aryl methyl sites for hydroxylation is 1. The minimum absolute atomic E-state index is 0.0373. The van der Waals surface area contributed by atoms with Crippen LogP contribution in [0.25, 0.3) is 11.4 Å². The van der Waals surface area contributed by atoms with Gasteiger partial charge in [-0.25, -0.2) is 4.98 Å². The molecule has 1 unspecified atom stereocenters. The van der Waals surface area contributed by atoms with E-state index in [1.807, 2.05) is 43.3 Å². The lowest BCUT2D eigenvalue weighted by atomic mass is 9.95. The SMILES string of the molecule is CCCCOc1ccc(C2/C(=C(\O)c3c(C)nc4ccccn34)C(=O)C(=O)N2CCCN(C)C)cc1OC. The van der Waals surface area contributed by atoms with Crippen LogP contribution in [-0.4, -0.2) is 76.9 Å². The second-order valence-corrected chi connectivity index (χ2v) is 9.74. The molecule has 1 fully saturated rings. The fourth-order valence-corrected chi connectivity index (χ4v) is 4.84. The minimum Gasteiger partial charge on any atom is -0.505 e. The number of hydrogen-bond donors (Lipinski definition) is 1. The van der Waals surface area contributed by atoms with E-state index < -0.39 is 17.7 Å². The van der Waals surface area contributed by atoms with E-state index in [1.165, 1.54) is 0 Å². The minimum atomic E-state index is -0.788. The van der Waals surface area contributed by atoms with Crippen LogP contribution < -0.4 is 9.47 Å². The summed E-state index contributed by atoms with van der Waals surface area (Å²) in [6.07, 6.45) is 4.36. The van der Waals surface area contributed by atoms with Gasteiger partial charge in [-0.15, -0.1) is 0 Å².